The van der Waals surface area contributed by atoms with Gasteiger partial charge in [-0.3, -0.25) is 9.13 Å². The van der Waals surface area contributed by atoms with E-state index in [1.807, 2.05) is 72.8 Å². The number of aromatic nitrogens is 12. The first-order valence-electron chi connectivity index (χ1n) is 41.6. The third kappa shape index (κ3) is 13.1. The second-order valence-electron chi connectivity index (χ2n) is 31.0. The van der Waals surface area contributed by atoms with Gasteiger partial charge in [-0.05, 0) is 193 Å². The average molecular weight is 1590 g/mol. The van der Waals surface area contributed by atoms with Gasteiger partial charge in [0.25, 0.3) is 0 Å². The van der Waals surface area contributed by atoms with Crippen LogP contribution >= 0.6 is 0 Å². The Hall–Kier alpha value is -17.0. The Bertz CT molecular complexity index is 7130. The predicted octanol–water partition coefficient (Wildman–Crippen LogP) is 27.6. The molecule has 0 saturated carbocycles. The number of fused-ring (bicyclic) bond motifs is 12. The number of nitrogens with zero attached hydrogens (tertiary/aromatic N) is 12. The molecule has 124 heavy (non-hydrogen) atoms. The molecule has 0 atom stereocenters. The normalized spacial score (nSPS) is 11.5. The Labute approximate surface area is 713 Å². The lowest BCUT2D eigenvalue weighted by Crippen LogP contribution is -1.99. The summed E-state index contributed by atoms with van der Waals surface area (Å²) >= 11 is 0. The van der Waals surface area contributed by atoms with Gasteiger partial charge in [-0.1, -0.05) is 255 Å². The van der Waals surface area contributed by atoms with E-state index in [9.17, 15) is 0 Å². The van der Waals surface area contributed by atoms with E-state index in [4.69, 9.17) is 39.9 Å². The topological polar surface area (TPSA) is 123 Å². The highest BCUT2D eigenvalue weighted by Gasteiger charge is 2.21. The molecule has 12 heterocycles. The van der Waals surface area contributed by atoms with Crippen molar-refractivity contribution in [1.82, 2.24) is 58.1 Å². The maximum Gasteiger partial charge on any atom is 0.138 e. The first-order valence-corrected chi connectivity index (χ1v) is 41.6. The van der Waals surface area contributed by atoms with Gasteiger partial charge in [0.1, 0.15) is 11.6 Å². The largest absolute Gasteiger partial charge is 0.309 e. The Morgan fingerprint density at radius 2 is 0.298 bits per heavy atom. The molecule has 0 spiro atoms. The summed E-state index contributed by atoms with van der Waals surface area (Å²) in [7, 11) is 0. The molecule has 0 aliphatic rings. The lowest BCUT2D eigenvalue weighted by atomic mass is 9.98. The van der Waals surface area contributed by atoms with E-state index in [-0.39, 0.29) is 0 Å². The molecule has 24 aromatic rings. The van der Waals surface area contributed by atoms with Crippen LogP contribution in [-0.4, -0.2) is 58.1 Å². The minimum atomic E-state index is 0.764. The van der Waals surface area contributed by atoms with E-state index in [0.717, 1.165) is 158 Å². The third-order valence-electron chi connectivity index (χ3n) is 23.5. The van der Waals surface area contributed by atoms with Crippen molar-refractivity contribution in [2.75, 3.05) is 0 Å². The molecule has 0 radical (unpaired) electrons. The Balaban J connectivity index is 0.000000143. The molecule has 0 unspecified atom stereocenters. The molecular weight excluding hydrogens is 1510 g/mol. The molecule has 12 aromatic heterocycles. The highest BCUT2D eigenvalue weighted by Crippen LogP contribution is 2.40. The van der Waals surface area contributed by atoms with Crippen LogP contribution in [0.15, 0.2) is 437 Å². The summed E-state index contributed by atoms with van der Waals surface area (Å²) < 4.78 is 9.15. The fourth-order valence-electron chi connectivity index (χ4n) is 17.8. The minimum absolute atomic E-state index is 0.764. The molecule has 0 fully saturated rings. The highest BCUT2D eigenvalue weighted by atomic mass is 15.1. The molecule has 12 heteroatoms. The zero-order valence-electron chi connectivity index (χ0n) is 66.9. The smallest absolute Gasteiger partial charge is 0.138 e. The van der Waals surface area contributed by atoms with Crippen molar-refractivity contribution in [3.05, 3.63) is 437 Å². The van der Waals surface area contributed by atoms with Crippen molar-refractivity contribution in [3.8, 4) is 136 Å². The number of hydrogen-bond donors (Lipinski definition) is 0. The van der Waals surface area contributed by atoms with Gasteiger partial charge in [0.2, 0.25) is 0 Å². The van der Waals surface area contributed by atoms with Gasteiger partial charge in [0.05, 0.1) is 124 Å². The lowest BCUT2D eigenvalue weighted by Gasteiger charge is -2.11. The standard InChI is InChI=1S/2C56H36N6/c1-5-31-53-41(19-1)42-20-2-6-32-54(42)61(53)39-17-9-15-37(35-39)45-23-11-25-47(57-45)49-27-13-29-51(59-49)52-30-14-28-50(60-52)48-26-12-24-46(58-48)38-16-10-18-40(36-38)62-55-33-7-3-21-43(55)44-22-4-8-34-56(44)62;1-5-29-51-41(19-1)42-20-2-6-30-52(42)61(51)55-33-13-27-49(59-55)47-25-11-23-45(57-47)39-17-9-15-37(35-39)38-16-10-18-40(36-38)46-24-12-26-48(58-46)50-28-14-34-56(60-50)62-53-31-7-3-21-43(53)44-22-4-8-32-54(44)62/h2*1-36H. The molecular formula is C112H72N12. The predicted molar refractivity (Wildman–Crippen MR) is 507 cm³/mol. The van der Waals surface area contributed by atoms with Gasteiger partial charge in [0.15, 0.2) is 0 Å². The quantitative estimate of drug-likeness (QED) is 0.105. The summed E-state index contributed by atoms with van der Waals surface area (Å²) in [6, 6.07) is 152. The summed E-state index contributed by atoms with van der Waals surface area (Å²) in [6.45, 7) is 0. The lowest BCUT2D eigenvalue weighted by molar-refractivity contribution is 1.08. The molecule has 0 amide bonds. The van der Waals surface area contributed by atoms with Crippen LogP contribution < -0.4 is 0 Å². The molecule has 0 aliphatic carbocycles. The van der Waals surface area contributed by atoms with Crippen LogP contribution in [-0.2, 0) is 0 Å². The van der Waals surface area contributed by atoms with Crippen LogP contribution in [0.3, 0.4) is 0 Å². The van der Waals surface area contributed by atoms with Crippen molar-refractivity contribution in [1.29, 1.82) is 0 Å². The van der Waals surface area contributed by atoms with Crippen molar-refractivity contribution in [2.24, 2.45) is 0 Å². The summed E-state index contributed by atoms with van der Waals surface area (Å²) in [5, 5.41) is 9.79. The van der Waals surface area contributed by atoms with Crippen LogP contribution in [0, 0.1) is 0 Å². The summed E-state index contributed by atoms with van der Waals surface area (Å²) in [5.41, 5.74) is 29.2. The molecule has 12 nitrogen and oxygen atoms in total. The van der Waals surface area contributed by atoms with E-state index in [2.05, 4.69) is 382 Å². The van der Waals surface area contributed by atoms with Gasteiger partial charge < -0.3 is 9.13 Å². The zero-order chi connectivity index (χ0) is 82.0. The number of hydrogen-bond acceptors (Lipinski definition) is 8. The zero-order valence-corrected chi connectivity index (χ0v) is 66.9. The van der Waals surface area contributed by atoms with Crippen LogP contribution in [0.5, 0.6) is 0 Å². The Morgan fingerprint density at radius 1 is 0.121 bits per heavy atom. The highest BCUT2D eigenvalue weighted by molar-refractivity contribution is 6.12. The summed E-state index contributed by atoms with van der Waals surface area (Å²) in [5.74, 6) is 1.72. The Morgan fingerprint density at radius 3 is 0.556 bits per heavy atom. The second-order valence-corrected chi connectivity index (χ2v) is 31.0. The van der Waals surface area contributed by atoms with Crippen LogP contribution in [0.1, 0.15) is 0 Å². The summed E-state index contributed by atoms with van der Waals surface area (Å²) in [6.07, 6.45) is 0. The number of benzene rings is 12. The SMILES string of the molecule is c1cc(-c2cccc(-c3cccc(-c4cccc(-c5cccc(-c6cccc(-n7c8ccccc8c8ccccc87)c6)n5)n4)n3)n2)cc(-n2c3ccccc3c3ccccc32)c1.c1cc(-c2cccc(-c3cccc(-c4cccc(-n5c6ccccc6c6ccccc65)n4)n3)c2)cc(-c2cccc(-c3cccc(-n4c5ccccc5c5ccccc54)n3)n2)c1. The number of pyridine rings is 8. The maximum atomic E-state index is 5.18. The molecule has 0 saturated heterocycles. The minimum Gasteiger partial charge on any atom is -0.309 e. The van der Waals surface area contributed by atoms with E-state index in [1.54, 1.807) is 0 Å². The molecule has 580 valence electrons. The van der Waals surface area contributed by atoms with Crippen molar-refractivity contribution in [2.45, 2.75) is 0 Å². The van der Waals surface area contributed by atoms with E-state index in [1.165, 1.54) is 65.2 Å². The van der Waals surface area contributed by atoms with Crippen LogP contribution in [0.4, 0.5) is 0 Å². The van der Waals surface area contributed by atoms with Crippen LogP contribution in [0.2, 0.25) is 0 Å². The third-order valence-corrected chi connectivity index (χ3v) is 23.5. The maximum absolute atomic E-state index is 5.18. The summed E-state index contributed by atoms with van der Waals surface area (Å²) in [4.78, 5) is 41.2. The Kier molecular flexibility index (Phi) is 17.9. The average Bonchev–Trinajstić information content (AvgIpc) is 1.61. The van der Waals surface area contributed by atoms with Gasteiger partial charge >= 0.3 is 0 Å². The number of rotatable bonds is 14. The fraction of sp³-hybridized carbons (Fsp3) is 0. The molecule has 0 N–H and O–H groups in total. The van der Waals surface area contributed by atoms with E-state index in [0.29, 0.717) is 0 Å². The molecule has 12 aromatic carbocycles. The number of para-hydroxylation sites is 8. The van der Waals surface area contributed by atoms with Gasteiger partial charge in [-0.2, -0.15) is 0 Å². The first kappa shape index (κ1) is 72.3. The molecule has 0 aliphatic heterocycles. The fourth-order valence-corrected chi connectivity index (χ4v) is 17.8. The first-order chi connectivity index (χ1) is 61.5. The van der Waals surface area contributed by atoms with E-state index < -0.39 is 0 Å². The van der Waals surface area contributed by atoms with Gasteiger partial charge in [0, 0.05) is 76.7 Å². The van der Waals surface area contributed by atoms with Crippen LogP contribution in [0.25, 0.3) is 223 Å². The van der Waals surface area contributed by atoms with E-state index >= 15 is 0 Å². The monoisotopic (exact) mass is 1580 g/mol. The van der Waals surface area contributed by atoms with Crippen molar-refractivity contribution < 1.29 is 0 Å². The van der Waals surface area contributed by atoms with Crippen molar-refractivity contribution >= 4 is 87.2 Å². The molecule has 24 rings (SSSR count). The van der Waals surface area contributed by atoms with Gasteiger partial charge in [-0.25, -0.2) is 39.9 Å². The van der Waals surface area contributed by atoms with Crippen molar-refractivity contribution in [3.63, 3.8) is 0 Å². The second kappa shape index (κ2) is 30.8. The molecule has 0 bridgehead atoms. The van der Waals surface area contributed by atoms with Gasteiger partial charge in [-0.15, -0.1) is 0 Å².